The maximum atomic E-state index is 12.7. The molecule has 0 amide bonds. The van der Waals surface area contributed by atoms with Crippen LogP contribution < -0.4 is 4.74 Å². The molecule has 1 aromatic rings. The van der Waals surface area contributed by atoms with Gasteiger partial charge in [-0.3, -0.25) is 4.79 Å². The zero-order chi connectivity index (χ0) is 22.8. The van der Waals surface area contributed by atoms with Gasteiger partial charge < -0.3 is 9.47 Å². The van der Waals surface area contributed by atoms with E-state index in [1.54, 1.807) is 6.08 Å². The lowest BCUT2D eigenvalue weighted by atomic mass is 9.70. The molecular weight excluding hydrogens is 400 g/mol. The van der Waals surface area contributed by atoms with Crippen LogP contribution in [0.2, 0.25) is 0 Å². The molecule has 32 heavy (non-hydrogen) atoms. The third kappa shape index (κ3) is 7.50. The Bertz CT molecular complexity index is 735. The number of rotatable bonds is 9. The van der Waals surface area contributed by atoms with Crippen LogP contribution in [-0.4, -0.2) is 18.0 Å². The molecule has 2 fully saturated rings. The zero-order valence-electron chi connectivity index (χ0n) is 19.9. The molecule has 2 saturated carbocycles. The molecule has 0 heterocycles. The summed E-state index contributed by atoms with van der Waals surface area (Å²) in [5.41, 5.74) is 1.31. The average Bonchev–Trinajstić information content (AvgIpc) is 2.81. The van der Waals surface area contributed by atoms with Crippen molar-refractivity contribution in [1.29, 1.82) is 0 Å². The van der Waals surface area contributed by atoms with Crippen LogP contribution in [0.25, 0.3) is 0 Å². The van der Waals surface area contributed by atoms with Gasteiger partial charge in [-0.05, 0) is 101 Å². The number of ether oxygens (including phenoxy) is 2. The predicted molar refractivity (Wildman–Crippen MR) is 127 cm³/mol. The van der Waals surface area contributed by atoms with E-state index in [0.29, 0.717) is 17.6 Å². The number of hydrogen-bond donors (Lipinski definition) is 0. The SMILES string of the molecule is CC=CC(=O)O[C@H]1CC[C@H]([C@H]2CC[C@H](C(=O)Oc3ccc(CCCCC)cc3)CC2)CC1. The summed E-state index contributed by atoms with van der Waals surface area (Å²) in [5.74, 6) is 1.79. The van der Waals surface area contributed by atoms with Crippen LogP contribution >= 0.6 is 0 Å². The molecular formula is C28H40O4. The monoisotopic (exact) mass is 440 g/mol. The maximum Gasteiger partial charge on any atom is 0.330 e. The standard InChI is InChI=1S/C28H40O4/c1-3-5-6-8-21-9-17-26(18-10-21)32-28(30)24-13-11-22(12-14-24)23-15-19-25(20-16-23)31-27(29)7-4-2/h4,7,9-10,17-18,22-25H,3,5-6,8,11-16,19-20H2,1-2H3/t22-,23-,24-,25-. The second-order valence-electron chi connectivity index (χ2n) is 9.61. The van der Waals surface area contributed by atoms with Crippen LogP contribution in [0, 0.1) is 17.8 Å². The summed E-state index contributed by atoms with van der Waals surface area (Å²) >= 11 is 0. The summed E-state index contributed by atoms with van der Waals surface area (Å²) in [6, 6.07) is 8.04. The smallest absolute Gasteiger partial charge is 0.330 e. The minimum Gasteiger partial charge on any atom is -0.459 e. The number of aryl methyl sites for hydroxylation is 1. The molecule has 0 aliphatic heterocycles. The maximum absolute atomic E-state index is 12.7. The molecule has 0 aromatic heterocycles. The van der Waals surface area contributed by atoms with Gasteiger partial charge in [0.15, 0.2) is 0 Å². The fourth-order valence-corrected chi connectivity index (χ4v) is 5.35. The van der Waals surface area contributed by atoms with Crippen molar-refractivity contribution in [1.82, 2.24) is 0 Å². The number of unbranched alkanes of at least 4 members (excludes halogenated alkanes) is 2. The Balaban J connectivity index is 1.37. The molecule has 0 saturated heterocycles. The highest BCUT2D eigenvalue weighted by Gasteiger charge is 2.34. The summed E-state index contributed by atoms with van der Waals surface area (Å²) in [6.45, 7) is 4.04. The van der Waals surface area contributed by atoms with Crippen LogP contribution in [0.5, 0.6) is 5.75 Å². The Kier molecular flexibility index (Phi) is 9.83. The third-order valence-corrected chi connectivity index (χ3v) is 7.29. The molecule has 0 bridgehead atoms. The van der Waals surface area contributed by atoms with E-state index in [1.807, 2.05) is 19.1 Å². The van der Waals surface area contributed by atoms with Gasteiger partial charge in [-0.1, -0.05) is 38.0 Å². The highest BCUT2D eigenvalue weighted by atomic mass is 16.5. The number of carbonyl (C=O) groups is 2. The Morgan fingerprint density at radius 2 is 1.53 bits per heavy atom. The van der Waals surface area contributed by atoms with E-state index < -0.39 is 0 Å². The van der Waals surface area contributed by atoms with Crippen molar-refractivity contribution in [3.8, 4) is 5.75 Å². The summed E-state index contributed by atoms with van der Waals surface area (Å²) < 4.78 is 11.2. The van der Waals surface area contributed by atoms with Crippen LogP contribution in [0.3, 0.4) is 0 Å². The molecule has 4 heteroatoms. The fraction of sp³-hybridized carbons (Fsp3) is 0.643. The van der Waals surface area contributed by atoms with Crippen molar-refractivity contribution >= 4 is 11.9 Å². The van der Waals surface area contributed by atoms with Crippen LogP contribution in [0.1, 0.15) is 90.0 Å². The predicted octanol–water partition coefficient (Wildman–Crippen LogP) is 6.81. The molecule has 176 valence electrons. The van der Waals surface area contributed by atoms with Crippen LogP contribution in [-0.2, 0) is 20.7 Å². The Morgan fingerprint density at radius 1 is 0.906 bits per heavy atom. The summed E-state index contributed by atoms with van der Waals surface area (Å²) in [4.78, 5) is 24.3. The van der Waals surface area contributed by atoms with Gasteiger partial charge in [0.05, 0.1) is 5.92 Å². The first-order chi connectivity index (χ1) is 15.6. The number of hydrogen-bond acceptors (Lipinski definition) is 4. The molecule has 0 N–H and O–H groups in total. The van der Waals surface area contributed by atoms with Gasteiger partial charge >= 0.3 is 11.9 Å². The van der Waals surface area contributed by atoms with Gasteiger partial charge in [0.2, 0.25) is 0 Å². The zero-order valence-corrected chi connectivity index (χ0v) is 19.9. The van der Waals surface area contributed by atoms with Gasteiger partial charge in [0, 0.05) is 6.08 Å². The lowest BCUT2D eigenvalue weighted by Crippen LogP contribution is -2.31. The molecule has 0 atom stereocenters. The Morgan fingerprint density at radius 3 is 2.12 bits per heavy atom. The highest BCUT2D eigenvalue weighted by Crippen LogP contribution is 2.41. The van der Waals surface area contributed by atoms with E-state index in [0.717, 1.165) is 57.8 Å². The molecule has 0 unspecified atom stereocenters. The number of benzene rings is 1. The van der Waals surface area contributed by atoms with E-state index >= 15 is 0 Å². The number of carbonyl (C=O) groups excluding carboxylic acids is 2. The van der Waals surface area contributed by atoms with E-state index in [4.69, 9.17) is 9.47 Å². The Hall–Kier alpha value is -2.10. The first kappa shape index (κ1) is 24.5. The van der Waals surface area contributed by atoms with Gasteiger partial charge in [0.25, 0.3) is 0 Å². The van der Waals surface area contributed by atoms with Crippen molar-refractivity contribution in [2.75, 3.05) is 0 Å². The van der Waals surface area contributed by atoms with Crippen molar-refractivity contribution < 1.29 is 19.1 Å². The van der Waals surface area contributed by atoms with Gasteiger partial charge in [-0.15, -0.1) is 0 Å². The first-order valence-corrected chi connectivity index (χ1v) is 12.7. The number of allylic oxidation sites excluding steroid dienone is 1. The van der Waals surface area contributed by atoms with E-state index in [-0.39, 0.29) is 24.0 Å². The molecule has 1 aromatic carbocycles. The van der Waals surface area contributed by atoms with Gasteiger partial charge in [-0.2, -0.15) is 0 Å². The van der Waals surface area contributed by atoms with Gasteiger partial charge in [-0.25, -0.2) is 4.79 Å². The quantitative estimate of drug-likeness (QED) is 0.183. The van der Waals surface area contributed by atoms with Crippen molar-refractivity contribution in [2.24, 2.45) is 17.8 Å². The third-order valence-electron chi connectivity index (χ3n) is 7.29. The second-order valence-corrected chi connectivity index (χ2v) is 9.61. The molecule has 0 radical (unpaired) electrons. The van der Waals surface area contributed by atoms with Gasteiger partial charge in [0.1, 0.15) is 11.9 Å². The Labute approximate surface area is 193 Å². The summed E-state index contributed by atoms with van der Waals surface area (Å²) in [6.07, 6.45) is 16.3. The summed E-state index contributed by atoms with van der Waals surface area (Å²) in [7, 11) is 0. The highest BCUT2D eigenvalue weighted by molar-refractivity contribution is 5.81. The van der Waals surface area contributed by atoms with Crippen molar-refractivity contribution in [3.05, 3.63) is 42.0 Å². The van der Waals surface area contributed by atoms with Crippen molar-refractivity contribution in [2.45, 2.75) is 97.0 Å². The van der Waals surface area contributed by atoms with Crippen LogP contribution in [0.4, 0.5) is 0 Å². The largest absolute Gasteiger partial charge is 0.459 e. The van der Waals surface area contributed by atoms with Crippen molar-refractivity contribution in [3.63, 3.8) is 0 Å². The number of esters is 2. The molecule has 3 rings (SSSR count). The summed E-state index contributed by atoms with van der Waals surface area (Å²) in [5, 5.41) is 0. The van der Waals surface area contributed by atoms with E-state index in [2.05, 4.69) is 19.1 Å². The fourth-order valence-electron chi connectivity index (χ4n) is 5.35. The lowest BCUT2D eigenvalue weighted by molar-refractivity contribution is -0.145. The molecule has 0 spiro atoms. The minimum atomic E-state index is -0.221. The van der Waals surface area contributed by atoms with Crippen LogP contribution in [0.15, 0.2) is 36.4 Å². The molecule has 4 nitrogen and oxygen atoms in total. The first-order valence-electron chi connectivity index (χ1n) is 12.7. The average molecular weight is 441 g/mol. The minimum absolute atomic E-state index is 0.0219. The molecule has 2 aliphatic rings. The lowest BCUT2D eigenvalue weighted by Gasteiger charge is -2.37. The van der Waals surface area contributed by atoms with E-state index in [1.165, 1.54) is 30.9 Å². The van der Waals surface area contributed by atoms with E-state index in [9.17, 15) is 9.59 Å². The topological polar surface area (TPSA) is 52.6 Å². The molecule has 2 aliphatic carbocycles. The normalized spacial score (nSPS) is 26.1. The second kappa shape index (κ2) is 12.8.